The highest BCUT2D eigenvalue weighted by atomic mass is 19.4. The molecule has 2 atom stereocenters. The van der Waals surface area contributed by atoms with Crippen molar-refractivity contribution in [3.05, 3.63) is 35.4 Å². The van der Waals surface area contributed by atoms with Crippen LogP contribution in [0.25, 0.3) is 0 Å². The first-order chi connectivity index (χ1) is 7.50. The van der Waals surface area contributed by atoms with Crippen LogP contribution >= 0.6 is 0 Å². The molecule has 0 saturated carbocycles. The first kappa shape index (κ1) is 11.5. The molecular weight excluding hydrogens is 215 g/mol. The molecule has 88 valence electrons. The van der Waals surface area contributed by atoms with Crippen molar-refractivity contribution in [2.45, 2.75) is 31.5 Å². The molecule has 1 aromatic carbocycles. The molecule has 1 saturated heterocycles. The summed E-state index contributed by atoms with van der Waals surface area (Å²) in [5, 5.41) is 3.18. The van der Waals surface area contributed by atoms with Crippen LogP contribution in [-0.2, 0) is 6.18 Å². The van der Waals surface area contributed by atoms with E-state index in [2.05, 4.69) is 5.32 Å². The monoisotopic (exact) mass is 229 g/mol. The highest BCUT2D eigenvalue weighted by Crippen LogP contribution is 2.38. The molecule has 0 spiro atoms. The van der Waals surface area contributed by atoms with Crippen LogP contribution in [0.4, 0.5) is 13.2 Å². The summed E-state index contributed by atoms with van der Waals surface area (Å²) >= 11 is 0. The zero-order chi connectivity index (χ0) is 11.8. The molecule has 0 aliphatic carbocycles. The van der Waals surface area contributed by atoms with Gasteiger partial charge in [-0.25, -0.2) is 0 Å². The van der Waals surface area contributed by atoms with Crippen molar-refractivity contribution in [3.8, 4) is 0 Å². The Morgan fingerprint density at radius 1 is 1.25 bits per heavy atom. The molecule has 1 aromatic rings. The van der Waals surface area contributed by atoms with Gasteiger partial charge in [0, 0.05) is 12.0 Å². The number of alkyl halides is 3. The van der Waals surface area contributed by atoms with Gasteiger partial charge < -0.3 is 5.32 Å². The number of nitrogens with one attached hydrogen (secondary N) is 1. The Kier molecular flexibility index (Phi) is 2.93. The van der Waals surface area contributed by atoms with Gasteiger partial charge in [0.2, 0.25) is 0 Å². The average Bonchev–Trinajstić information content (AvgIpc) is 2.63. The smallest absolute Gasteiger partial charge is 0.314 e. The first-order valence-electron chi connectivity index (χ1n) is 5.39. The zero-order valence-corrected chi connectivity index (χ0v) is 9.01. The molecule has 1 fully saturated rings. The molecule has 1 aliphatic heterocycles. The highest BCUT2D eigenvalue weighted by Gasteiger charge is 2.37. The molecule has 16 heavy (non-hydrogen) atoms. The minimum absolute atomic E-state index is 0.0298. The lowest BCUT2D eigenvalue weighted by atomic mass is 9.89. The normalized spacial score (nSPS) is 26.0. The van der Waals surface area contributed by atoms with Crippen molar-refractivity contribution in [1.82, 2.24) is 5.32 Å². The quantitative estimate of drug-likeness (QED) is 0.780. The van der Waals surface area contributed by atoms with Crippen molar-refractivity contribution >= 4 is 0 Å². The Morgan fingerprint density at radius 3 is 2.50 bits per heavy atom. The largest absolute Gasteiger partial charge is 0.416 e. The van der Waals surface area contributed by atoms with Gasteiger partial charge in [-0.1, -0.05) is 18.2 Å². The van der Waals surface area contributed by atoms with Crippen LogP contribution in [0.5, 0.6) is 0 Å². The third-order valence-corrected chi connectivity index (χ3v) is 3.19. The second-order valence-electron chi connectivity index (χ2n) is 4.22. The number of benzene rings is 1. The standard InChI is InChI=1S/C12H14F3N/c1-8-9(6-7-16-8)10-4-2-3-5-11(10)12(13,14)15/h2-5,8-9,16H,6-7H2,1H3. The van der Waals surface area contributed by atoms with Crippen LogP contribution in [-0.4, -0.2) is 12.6 Å². The lowest BCUT2D eigenvalue weighted by Crippen LogP contribution is -2.23. The second-order valence-corrected chi connectivity index (χ2v) is 4.22. The van der Waals surface area contributed by atoms with E-state index in [0.29, 0.717) is 5.56 Å². The molecular formula is C12H14F3N. The Morgan fingerprint density at radius 2 is 1.94 bits per heavy atom. The lowest BCUT2D eigenvalue weighted by Gasteiger charge is -2.20. The van der Waals surface area contributed by atoms with Gasteiger partial charge in [0.05, 0.1) is 5.56 Å². The molecule has 0 aromatic heterocycles. The molecule has 0 amide bonds. The fourth-order valence-electron chi connectivity index (χ4n) is 2.36. The molecule has 1 N–H and O–H groups in total. The van der Waals surface area contributed by atoms with Crippen molar-refractivity contribution < 1.29 is 13.2 Å². The van der Waals surface area contributed by atoms with Crippen LogP contribution in [0.15, 0.2) is 24.3 Å². The topological polar surface area (TPSA) is 12.0 Å². The number of hydrogen-bond donors (Lipinski definition) is 1. The van der Waals surface area contributed by atoms with Gasteiger partial charge in [-0.2, -0.15) is 13.2 Å². The molecule has 0 bridgehead atoms. The predicted octanol–water partition coefficient (Wildman–Crippen LogP) is 3.17. The van der Waals surface area contributed by atoms with E-state index in [0.717, 1.165) is 13.0 Å². The van der Waals surface area contributed by atoms with Gasteiger partial charge >= 0.3 is 6.18 Å². The summed E-state index contributed by atoms with van der Waals surface area (Å²) in [6, 6.07) is 6.00. The van der Waals surface area contributed by atoms with E-state index >= 15 is 0 Å². The van der Waals surface area contributed by atoms with Crippen LogP contribution in [0.3, 0.4) is 0 Å². The van der Waals surface area contributed by atoms with Gasteiger partial charge in [0.1, 0.15) is 0 Å². The van der Waals surface area contributed by atoms with Crippen LogP contribution < -0.4 is 5.32 Å². The fraction of sp³-hybridized carbons (Fsp3) is 0.500. The summed E-state index contributed by atoms with van der Waals surface area (Å²) < 4.78 is 38.4. The molecule has 2 rings (SSSR count). The maximum atomic E-state index is 12.8. The summed E-state index contributed by atoms with van der Waals surface area (Å²) in [5.41, 5.74) is -0.0666. The van der Waals surface area contributed by atoms with E-state index in [4.69, 9.17) is 0 Å². The van der Waals surface area contributed by atoms with Gasteiger partial charge in [-0.05, 0) is 31.5 Å². The van der Waals surface area contributed by atoms with Crippen molar-refractivity contribution in [3.63, 3.8) is 0 Å². The molecule has 1 nitrogen and oxygen atoms in total. The average molecular weight is 229 g/mol. The maximum absolute atomic E-state index is 12.8. The van der Waals surface area contributed by atoms with Crippen LogP contribution in [0.1, 0.15) is 30.4 Å². The van der Waals surface area contributed by atoms with E-state index < -0.39 is 11.7 Å². The van der Waals surface area contributed by atoms with E-state index in [-0.39, 0.29) is 12.0 Å². The minimum atomic E-state index is -4.25. The lowest BCUT2D eigenvalue weighted by molar-refractivity contribution is -0.138. The Labute approximate surface area is 92.7 Å². The van der Waals surface area contributed by atoms with Crippen molar-refractivity contribution in [2.75, 3.05) is 6.54 Å². The minimum Gasteiger partial charge on any atom is -0.314 e. The van der Waals surface area contributed by atoms with E-state index in [1.807, 2.05) is 6.92 Å². The first-order valence-corrected chi connectivity index (χ1v) is 5.39. The van der Waals surface area contributed by atoms with E-state index in [1.54, 1.807) is 12.1 Å². The fourth-order valence-corrected chi connectivity index (χ4v) is 2.36. The van der Waals surface area contributed by atoms with Crippen LogP contribution in [0, 0.1) is 0 Å². The summed E-state index contributed by atoms with van der Waals surface area (Å²) in [6.45, 7) is 2.73. The van der Waals surface area contributed by atoms with E-state index in [9.17, 15) is 13.2 Å². The second kappa shape index (κ2) is 4.09. The summed E-state index contributed by atoms with van der Waals surface area (Å²) in [6.07, 6.45) is -3.48. The third kappa shape index (κ3) is 2.07. The number of rotatable bonds is 1. The SMILES string of the molecule is CC1NCCC1c1ccccc1C(F)(F)F. The Hall–Kier alpha value is -1.03. The zero-order valence-electron chi connectivity index (χ0n) is 9.01. The van der Waals surface area contributed by atoms with Crippen molar-refractivity contribution in [1.29, 1.82) is 0 Å². The van der Waals surface area contributed by atoms with Gasteiger partial charge in [-0.3, -0.25) is 0 Å². The summed E-state index contributed by atoms with van der Waals surface area (Å²) in [4.78, 5) is 0. The molecule has 1 aliphatic rings. The molecule has 1 heterocycles. The Balaban J connectivity index is 2.40. The number of halogens is 3. The molecule has 4 heteroatoms. The molecule has 0 radical (unpaired) electrons. The maximum Gasteiger partial charge on any atom is 0.416 e. The van der Waals surface area contributed by atoms with Gasteiger partial charge in [0.25, 0.3) is 0 Å². The van der Waals surface area contributed by atoms with Gasteiger partial charge in [-0.15, -0.1) is 0 Å². The molecule has 2 unspecified atom stereocenters. The highest BCUT2D eigenvalue weighted by molar-refractivity contribution is 5.34. The Bertz CT molecular complexity index is 373. The predicted molar refractivity (Wildman–Crippen MR) is 56.3 cm³/mol. The van der Waals surface area contributed by atoms with Gasteiger partial charge in [0.15, 0.2) is 0 Å². The number of hydrogen-bond acceptors (Lipinski definition) is 1. The third-order valence-electron chi connectivity index (χ3n) is 3.19. The van der Waals surface area contributed by atoms with E-state index in [1.165, 1.54) is 12.1 Å². The summed E-state index contributed by atoms with van der Waals surface area (Å²) in [5.74, 6) is -0.0298. The van der Waals surface area contributed by atoms with Crippen LogP contribution in [0.2, 0.25) is 0 Å². The van der Waals surface area contributed by atoms with Crippen molar-refractivity contribution in [2.24, 2.45) is 0 Å². The summed E-state index contributed by atoms with van der Waals surface area (Å²) in [7, 11) is 0.